The first-order valence-electron chi connectivity index (χ1n) is 5.65. The predicted octanol–water partition coefficient (Wildman–Crippen LogP) is 2.53. The smallest absolute Gasteiger partial charge is 0.275 e. The van der Waals surface area contributed by atoms with Gasteiger partial charge in [-0.1, -0.05) is 12.1 Å². The maximum atomic E-state index is 12.2. The van der Waals surface area contributed by atoms with Crippen LogP contribution in [0.1, 0.15) is 22.4 Å². The normalized spacial score (nSPS) is 14.0. The molecule has 1 aromatic heterocycles. The highest BCUT2D eigenvalue weighted by Gasteiger charge is 2.20. The van der Waals surface area contributed by atoms with Gasteiger partial charge in [0.1, 0.15) is 0 Å². The number of hydrogen-bond donors (Lipinski definition) is 1. The number of aromatic nitrogens is 2. The van der Waals surface area contributed by atoms with E-state index < -0.39 is 0 Å². The molecule has 0 amide bonds. The maximum absolute atomic E-state index is 12.2. The van der Waals surface area contributed by atoms with Gasteiger partial charge in [-0.15, -0.1) is 0 Å². The molecule has 0 atom stereocenters. The quantitative estimate of drug-likeness (QED) is 0.839. The van der Waals surface area contributed by atoms with E-state index in [2.05, 4.69) is 23.3 Å². The molecule has 0 radical (unpaired) electrons. The Labute approximate surface area is 104 Å². The molecule has 0 unspecified atom stereocenters. The molecule has 1 aromatic carbocycles. The van der Waals surface area contributed by atoms with Crippen LogP contribution in [0.15, 0.2) is 23.0 Å². The van der Waals surface area contributed by atoms with Gasteiger partial charge in [-0.25, -0.2) is 4.68 Å². The van der Waals surface area contributed by atoms with E-state index >= 15 is 0 Å². The van der Waals surface area contributed by atoms with Crippen LogP contribution in [-0.2, 0) is 11.5 Å². The molecule has 0 bridgehead atoms. The molecule has 3 rings (SSSR count). The van der Waals surface area contributed by atoms with Gasteiger partial charge in [0, 0.05) is 11.5 Å². The molecule has 0 fully saturated rings. The van der Waals surface area contributed by atoms with Gasteiger partial charge in [0.25, 0.3) is 5.56 Å². The summed E-state index contributed by atoms with van der Waals surface area (Å²) < 4.78 is 1.69. The molecule has 1 aliphatic heterocycles. The Balaban J connectivity index is 2.23. The predicted molar refractivity (Wildman–Crippen MR) is 70.9 cm³/mol. The summed E-state index contributed by atoms with van der Waals surface area (Å²) in [4.78, 5) is 12.2. The fourth-order valence-corrected chi connectivity index (χ4v) is 3.22. The Bertz CT molecular complexity index is 639. The minimum absolute atomic E-state index is 0.110. The van der Waals surface area contributed by atoms with Gasteiger partial charge in [-0.05, 0) is 31.0 Å². The van der Waals surface area contributed by atoms with Crippen LogP contribution in [0.25, 0.3) is 5.69 Å². The average molecular weight is 246 g/mol. The maximum Gasteiger partial charge on any atom is 0.275 e. The van der Waals surface area contributed by atoms with Gasteiger partial charge >= 0.3 is 0 Å². The number of nitrogens with one attached hydrogen (secondary N) is 1. The van der Waals surface area contributed by atoms with Crippen molar-refractivity contribution >= 4 is 11.8 Å². The Hall–Kier alpha value is -1.42. The van der Waals surface area contributed by atoms with Crippen molar-refractivity contribution in [2.24, 2.45) is 0 Å². The van der Waals surface area contributed by atoms with Crippen LogP contribution in [-0.4, -0.2) is 9.78 Å². The Morgan fingerprint density at radius 3 is 2.88 bits per heavy atom. The summed E-state index contributed by atoms with van der Waals surface area (Å²) >= 11 is 1.79. The number of H-pyrrole nitrogens is 1. The SMILES string of the molecule is Cc1ccc(C)c(-n2[nH]c3c(c2=O)CSC3)c1. The lowest BCUT2D eigenvalue weighted by atomic mass is 10.1. The summed E-state index contributed by atoms with van der Waals surface area (Å²) in [6.45, 7) is 4.07. The molecule has 2 aromatic rings. The lowest BCUT2D eigenvalue weighted by molar-refractivity contribution is 0.824. The standard InChI is InChI=1S/C13H14N2OS/c1-8-3-4-9(2)12(5-8)15-13(16)10-6-17-7-11(10)14-15/h3-5,14H,6-7H2,1-2H3. The largest absolute Gasteiger partial charge is 0.294 e. The van der Waals surface area contributed by atoms with Gasteiger partial charge in [0.2, 0.25) is 0 Å². The third-order valence-electron chi connectivity index (χ3n) is 3.17. The third-order valence-corrected chi connectivity index (χ3v) is 4.16. The van der Waals surface area contributed by atoms with E-state index in [0.717, 1.165) is 34.0 Å². The summed E-state index contributed by atoms with van der Waals surface area (Å²) in [6.07, 6.45) is 0. The van der Waals surface area contributed by atoms with Crippen molar-refractivity contribution in [1.29, 1.82) is 0 Å². The van der Waals surface area contributed by atoms with Crippen LogP contribution in [0.3, 0.4) is 0 Å². The topological polar surface area (TPSA) is 37.8 Å². The van der Waals surface area contributed by atoms with Gasteiger partial charge in [0.15, 0.2) is 0 Å². The van der Waals surface area contributed by atoms with Crippen LogP contribution in [0.2, 0.25) is 0 Å². The molecule has 0 saturated heterocycles. The number of thioether (sulfide) groups is 1. The van der Waals surface area contributed by atoms with Gasteiger partial charge in [-0.3, -0.25) is 9.89 Å². The zero-order valence-electron chi connectivity index (χ0n) is 9.91. The molecule has 0 aliphatic carbocycles. The Morgan fingerprint density at radius 2 is 2.12 bits per heavy atom. The molecule has 0 spiro atoms. The molecule has 0 saturated carbocycles. The van der Waals surface area contributed by atoms with Crippen molar-refractivity contribution < 1.29 is 0 Å². The fraction of sp³-hybridized carbons (Fsp3) is 0.308. The van der Waals surface area contributed by atoms with E-state index in [1.807, 2.05) is 13.8 Å². The monoisotopic (exact) mass is 246 g/mol. The van der Waals surface area contributed by atoms with Crippen molar-refractivity contribution in [1.82, 2.24) is 9.78 Å². The second-order valence-corrected chi connectivity index (χ2v) is 5.48. The van der Waals surface area contributed by atoms with Crippen LogP contribution in [0.5, 0.6) is 0 Å². The van der Waals surface area contributed by atoms with Gasteiger partial charge in [0.05, 0.1) is 16.9 Å². The second-order valence-electron chi connectivity index (χ2n) is 4.49. The fourth-order valence-electron chi connectivity index (χ4n) is 2.17. The molecular weight excluding hydrogens is 232 g/mol. The highest BCUT2D eigenvalue weighted by atomic mass is 32.2. The third kappa shape index (κ3) is 1.63. The summed E-state index contributed by atoms with van der Waals surface area (Å²) in [7, 11) is 0. The van der Waals surface area contributed by atoms with Crippen LogP contribution in [0.4, 0.5) is 0 Å². The second kappa shape index (κ2) is 3.81. The van der Waals surface area contributed by atoms with E-state index in [4.69, 9.17) is 0 Å². The number of aryl methyl sites for hydroxylation is 2. The average Bonchev–Trinajstić information content (AvgIpc) is 2.86. The molecule has 3 nitrogen and oxygen atoms in total. The number of fused-ring (bicyclic) bond motifs is 1. The van der Waals surface area contributed by atoms with E-state index in [1.54, 1.807) is 16.4 Å². The highest BCUT2D eigenvalue weighted by molar-refractivity contribution is 7.98. The molecule has 17 heavy (non-hydrogen) atoms. The zero-order valence-corrected chi connectivity index (χ0v) is 10.7. The van der Waals surface area contributed by atoms with E-state index in [0.29, 0.717) is 0 Å². The van der Waals surface area contributed by atoms with Crippen molar-refractivity contribution in [2.75, 3.05) is 0 Å². The first kappa shape index (κ1) is 10.7. The van der Waals surface area contributed by atoms with Gasteiger partial charge < -0.3 is 0 Å². The molecule has 4 heteroatoms. The molecular formula is C13H14N2OS. The molecule has 88 valence electrons. The van der Waals surface area contributed by atoms with Crippen molar-refractivity contribution in [3.05, 3.63) is 50.9 Å². The Kier molecular flexibility index (Phi) is 2.40. The lowest BCUT2D eigenvalue weighted by Crippen LogP contribution is -2.17. The summed E-state index contributed by atoms with van der Waals surface area (Å²) in [5, 5.41) is 3.23. The number of rotatable bonds is 1. The Morgan fingerprint density at radius 1 is 1.29 bits per heavy atom. The van der Waals surface area contributed by atoms with E-state index in [1.165, 1.54) is 5.56 Å². The van der Waals surface area contributed by atoms with E-state index in [-0.39, 0.29) is 5.56 Å². The highest BCUT2D eigenvalue weighted by Crippen LogP contribution is 2.26. The zero-order chi connectivity index (χ0) is 12.0. The summed E-state index contributed by atoms with van der Waals surface area (Å²) in [6, 6.07) is 6.17. The minimum Gasteiger partial charge on any atom is -0.294 e. The number of hydrogen-bond acceptors (Lipinski definition) is 2. The number of benzene rings is 1. The van der Waals surface area contributed by atoms with E-state index in [9.17, 15) is 4.79 Å². The van der Waals surface area contributed by atoms with Crippen molar-refractivity contribution in [3.63, 3.8) is 0 Å². The molecule has 1 N–H and O–H groups in total. The number of aromatic amines is 1. The van der Waals surface area contributed by atoms with Crippen molar-refractivity contribution in [3.8, 4) is 5.69 Å². The first-order chi connectivity index (χ1) is 8.16. The number of nitrogens with zero attached hydrogens (tertiary/aromatic N) is 1. The lowest BCUT2D eigenvalue weighted by Gasteiger charge is -2.07. The molecule has 1 aliphatic rings. The van der Waals surface area contributed by atoms with Crippen LogP contribution in [0, 0.1) is 13.8 Å². The van der Waals surface area contributed by atoms with Crippen LogP contribution >= 0.6 is 11.8 Å². The van der Waals surface area contributed by atoms with Gasteiger partial charge in [-0.2, -0.15) is 11.8 Å². The summed E-state index contributed by atoms with van der Waals surface area (Å²) in [5.74, 6) is 1.75. The molecule has 2 heterocycles. The minimum atomic E-state index is 0.110. The summed E-state index contributed by atoms with van der Waals surface area (Å²) in [5.41, 5.74) is 5.39. The first-order valence-corrected chi connectivity index (χ1v) is 6.80. The van der Waals surface area contributed by atoms with Crippen LogP contribution < -0.4 is 5.56 Å². The van der Waals surface area contributed by atoms with Crippen molar-refractivity contribution in [2.45, 2.75) is 25.4 Å².